The molecule has 10 nitrogen and oxygen atoms in total. The van der Waals surface area contributed by atoms with Crippen LogP contribution in [0.2, 0.25) is 0 Å². The first-order valence-corrected chi connectivity index (χ1v) is 10.9. The number of benzene rings is 2. The monoisotopic (exact) mass is 472 g/mol. The second-order valence-electron chi connectivity index (χ2n) is 7.28. The largest absolute Gasteiger partial charge is 0.495 e. The van der Waals surface area contributed by atoms with Gasteiger partial charge in [-0.15, -0.1) is 0 Å². The number of ether oxygens (including phenoxy) is 2. The molecule has 2 atom stereocenters. The lowest BCUT2D eigenvalue weighted by Gasteiger charge is -2.20. The predicted octanol–water partition coefficient (Wildman–Crippen LogP) is 3.64. The normalized spacial score (nSPS) is 12.8. The zero-order chi connectivity index (χ0) is 24.1. The van der Waals surface area contributed by atoms with Gasteiger partial charge < -0.3 is 14.8 Å². The highest BCUT2D eigenvalue weighted by molar-refractivity contribution is 8.00. The summed E-state index contributed by atoms with van der Waals surface area (Å²) in [4.78, 5) is 41.3. The molecular weight excluding hydrogens is 448 g/mol. The summed E-state index contributed by atoms with van der Waals surface area (Å²) in [7, 11) is 2.95. The van der Waals surface area contributed by atoms with Crippen LogP contribution in [0.25, 0.3) is 10.9 Å². The molecule has 3 rings (SSSR count). The van der Waals surface area contributed by atoms with Crippen molar-refractivity contribution in [1.29, 1.82) is 0 Å². The molecule has 0 aliphatic rings. The Bertz CT molecular complexity index is 1250. The number of thioether (sulfide) groups is 1. The van der Waals surface area contributed by atoms with E-state index in [2.05, 4.69) is 10.3 Å². The molecule has 174 valence electrons. The van der Waals surface area contributed by atoms with Crippen molar-refractivity contribution < 1.29 is 19.2 Å². The van der Waals surface area contributed by atoms with Crippen LogP contribution in [0.3, 0.4) is 0 Å². The first-order valence-electron chi connectivity index (χ1n) is 10.1. The molecule has 0 aliphatic heterocycles. The van der Waals surface area contributed by atoms with Gasteiger partial charge >= 0.3 is 0 Å². The number of methoxy groups -OCH3 is 2. The third-order valence-electron chi connectivity index (χ3n) is 4.93. The van der Waals surface area contributed by atoms with Crippen molar-refractivity contribution in [2.24, 2.45) is 0 Å². The molecule has 0 radical (unpaired) electrons. The number of carbonyl (C=O) groups is 1. The zero-order valence-electron chi connectivity index (χ0n) is 18.6. The highest BCUT2D eigenvalue weighted by Crippen LogP contribution is 2.31. The summed E-state index contributed by atoms with van der Waals surface area (Å²) in [6.07, 6.45) is 0. The minimum absolute atomic E-state index is 0.176. The summed E-state index contributed by atoms with van der Waals surface area (Å²) in [5.41, 5.74) is 0.310. The molecule has 1 N–H and O–H groups in total. The molecule has 1 aromatic heterocycles. The van der Waals surface area contributed by atoms with Crippen molar-refractivity contribution >= 4 is 39.9 Å². The number of non-ortho nitro benzene ring substituents is 1. The van der Waals surface area contributed by atoms with Crippen molar-refractivity contribution in [3.63, 3.8) is 0 Å². The van der Waals surface area contributed by atoms with Crippen LogP contribution in [0.4, 0.5) is 11.4 Å². The van der Waals surface area contributed by atoms with Gasteiger partial charge in [0.1, 0.15) is 5.75 Å². The first-order chi connectivity index (χ1) is 15.8. The summed E-state index contributed by atoms with van der Waals surface area (Å²) in [5, 5.41) is 13.9. The van der Waals surface area contributed by atoms with Crippen LogP contribution < -0.4 is 15.6 Å². The standard InChI is InChI=1S/C22H24N4O6S/c1-13(12-31-3)25-21(28)16-7-5-6-8-17(16)24-22(25)33-14(2)20(27)23-18-11-15(26(29)30)9-10-19(18)32-4/h5-11,13-14H,12H2,1-4H3,(H,23,27). The third-order valence-corrected chi connectivity index (χ3v) is 5.99. The van der Waals surface area contributed by atoms with E-state index in [-0.39, 0.29) is 23.0 Å². The Hall–Kier alpha value is -3.44. The van der Waals surface area contributed by atoms with Gasteiger partial charge in [0.15, 0.2) is 5.16 Å². The Labute approximate surface area is 194 Å². The molecule has 0 fully saturated rings. The van der Waals surface area contributed by atoms with Crippen molar-refractivity contribution in [2.45, 2.75) is 30.3 Å². The molecule has 0 saturated heterocycles. The molecule has 11 heteroatoms. The van der Waals surface area contributed by atoms with Gasteiger partial charge in [0.2, 0.25) is 5.91 Å². The molecular formula is C22H24N4O6S. The number of hydrogen-bond donors (Lipinski definition) is 1. The van der Waals surface area contributed by atoms with Crippen LogP contribution in [0.1, 0.15) is 19.9 Å². The number of nitro benzene ring substituents is 1. The molecule has 0 saturated carbocycles. The molecule has 2 unspecified atom stereocenters. The van der Waals surface area contributed by atoms with E-state index in [1.54, 1.807) is 38.3 Å². The number of nitrogens with zero attached hydrogens (tertiary/aromatic N) is 3. The van der Waals surface area contributed by atoms with E-state index in [1.165, 1.54) is 29.9 Å². The molecule has 33 heavy (non-hydrogen) atoms. The van der Waals surface area contributed by atoms with Gasteiger partial charge in [-0.3, -0.25) is 24.3 Å². The summed E-state index contributed by atoms with van der Waals surface area (Å²) in [6, 6.07) is 10.6. The lowest BCUT2D eigenvalue weighted by atomic mass is 10.2. The van der Waals surface area contributed by atoms with Gasteiger partial charge in [0.25, 0.3) is 11.2 Å². The summed E-state index contributed by atoms with van der Waals surface area (Å²) in [5.74, 6) is -0.132. The van der Waals surface area contributed by atoms with Crippen LogP contribution >= 0.6 is 11.8 Å². The Morgan fingerprint density at radius 3 is 2.64 bits per heavy atom. The van der Waals surface area contributed by atoms with Gasteiger partial charge in [-0.2, -0.15) is 0 Å². The number of hydrogen-bond acceptors (Lipinski definition) is 8. The maximum Gasteiger partial charge on any atom is 0.271 e. The van der Waals surface area contributed by atoms with Crippen LogP contribution in [-0.4, -0.2) is 46.5 Å². The van der Waals surface area contributed by atoms with Gasteiger partial charge in [-0.25, -0.2) is 4.98 Å². The fourth-order valence-corrected chi connectivity index (χ4v) is 4.28. The molecule has 1 amide bonds. The van der Waals surface area contributed by atoms with Crippen LogP contribution in [0.5, 0.6) is 5.75 Å². The van der Waals surface area contributed by atoms with Gasteiger partial charge in [0, 0.05) is 19.2 Å². The van der Waals surface area contributed by atoms with E-state index < -0.39 is 16.1 Å². The number of carbonyl (C=O) groups excluding carboxylic acids is 1. The summed E-state index contributed by atoms with van der Waals surface area (Å²) in [6.45, 7) is 3.79. The number of nitrogens with one attached hydrogen (secondary N) is 1. The quantitative estimate of drug-likeness (QED) is 0.217. The van der Waals surface area contributed by atoms with Crippen molar-refractivity contribution in [2.75, 3.05) is 26.1 Å². The molecule has 0 spiro atoms. The highest BCUT2D eigenvalue weighted by Gasteiger charge is 2.23. The average Bonchev–Trinajstić information content (AvgIpc) is 2.79. The Morgan fingerprint density at radius 2 is 1.97 bits per heavy atom. The van der Waals surface area contributed by atoms with Crippen molar-refractivity contribution in [1.82, 2.24) is 9.55 Å². The fourth-order valence-electron chi connectivity index (χ4n) is 3.27. The van der Waals surface area contributed by atoms with E-state index in [0.29, 0.717) is 28.4 Å². The minimum Gasteiger partial charge on any atom is -0.495 e. The lowest BCUT2D eigenvalue weighted by molar-refractivity contribution is -0.384. The molecule has 3 aromatic rings. The minimum atomic E-state index is -0.678. The molecule has 2 aromatic carbocycles. The third kappa shape index (κ3) is 5.32. The van der Waals surface area contributed by atoms with Gasteiger partial charge in [0.05, 0.1) is 46.5 Å². The molecule has 1 heterocycles. The fraction of sp³-hybridized carbons (Fsp3) is 0.318. The van der Waals surface area contributed by atoms with E-state index in [1.807, 2.05) is 6.92 Å². The summed E-state index contributed by atoms with van der Waals surface area (Å²) < 4.78 is 11.9. The number of amides is 1. The van der Waals surface area contributed by atoms with Crippen LogP contribution in [-0.2, 0) is 9.53 Å². The second kappa shape index (κ2) is 10.5. The van der Waals surface area contributed by atoms with Crippen molar-refractivity contribution in [3.05, 3.63) is 62.9 Å². The number of nitro groups is 1. The SMILES string of the molecule is COCC(C)n1c(SC(C)C(=O)Nc2cc([N+](=O)[O-])ccc2OC)nc2ccccc2c1=O. The first kappa shape index (κ1) is 24.2. The lowest BCUT2D eigenvalue weighted by Crippen LogP contribution is -2.30. The topological polar surface area (TPSA) is 126 Å². The van der Waals surface area contributed by atoms with Crippen LogP contribution in [0, 0.1) is 10.1 Å². The van der Waals surface area contributed by atoms with E-state index in [0.717, 1.165) is 11.8 Å². The zero-order valence-corrected chi connectivity index (χ0v) is 19.4. The highest BCUT2D eigenvalue weighted by atomic mass is 32.2. The average molecular weight is 473 g/mol. The Kier molecular flexibility index (Phi) is 7.67. The van der Waals surface area contributed by atoms with Crippen LogP contribution in [0.15, 0.2) is 52.4 Å². The molecule has 0 bridgehead atoms. The number of aromatic nitrogens is 2. The van der Waals surface area contributed by atoms with Gasteiger partial charge in [-0.05, 0) is 32.0 Å². The Balaban J connectivity index is 1.93. The predicted molar refractivity (Wildman–Crippen MR) is 126 cm³/mol. The van der Waals surface area contributed by atoms with Crippen molar-refractivity contribution in [3.8, 4) is 5.75 Å². The number of rotatable bonds is 9. The van der Waals surface area contributed by atoms with E-state index in [9.17, 15) is 19.7 Å². The number of para-hydroxylation sites is 1. The second-order valence-corrected chi connectivity index (χ2v) is 8.59. The maximum atomic E-state index is 13.2. The van der Waals surface area contributed by atoms with Gasteiger partial charge in [-0.1, -0.05) is 23.9 Å². The summed E-state index contributed by atoms with van der Waals surface area (Å²) >= 11 is 1.11. The van der Waals surface area contributed by atoms with E-state index in [4.69, 9.17) is 9.47 Å². The Morgan fingerprint density at radius 1 is 1.24 bits per heavy atom. The number of anilines is 1. The van der Waals surface area contributed by atoms with E-state index >= 15 is 0 Å². The maximum absolute atomic E-state index is 13.2. The molecule has 0 aliphatic carbocycles. The number of fused-ring (bicyclic) bond motifs is 1. The smallest absolute Gasteiger partial charge is 0.271 e.